The molecule has 2 aromatic carbocycles. The van der Waals surface area contributed by atoms with E-state index in [2.05, 4.69) is 41.3 Å². The van der Waals surface area contributed by atoms with Crippen LogP contribution in [0, 0.1) is 0 Å². The third-order valence-electron chi connectivity index (χ3n) is 2.75. The van der Waals surface area contributed by atoms with Crippen LogP contribution in [0.1, 0.15) is 11.1 Å². The molecule has 2 rings (SSSR count). The molecule has 0 spiro atoms. The van der Waals surface area contributed by atoms with Crippen LogP contribution in [0.25, 0.3) is 12.2 Å². The van der Waals surface area contributed by atoms with E-state index in [1.165, 1.54) is 11.3 Å². The lowest BCUT2D eigenvalue weighted by atomic mass is 10.1. The summed E-state index contributed by atoms with van der Waals surface area (Å²) >= 11 is 5.85. The molecule has 0 aliphatic rings. The van der Waals surface area contributed by atoms with E-state index < -0.39 is 0 Å². The Balaban J connectivity index is 2.11. The first-order chi connectivity index (χ1) is 8.65. The van der Waals surface area contributed by atoms with Crippen LogP contribution < -0.4 is 4.90 Å². The minimum Gasteiger partial charge on any atom is -0.378 e. The Bertz CT molecular complexity index is 524. The molecule has 0 N–H and O–H groups in total. The molecule has 2 heteroatoms. The molecular weight excluding hydrogens is 242 g/mol. The van der Waals surface area contributed by atoms with Crippen molar-refractivity contribution >= 4 is 29.4 Å². The third-order valence-corrected chi connectivity index (χ3v) is 3.00. The summed E-state index contributed by atoms with van der Waals surface area (Å²) in [7, 11) is 4.08. The van der Waals surface area contributed by atoms with Crippen molar-refractivity contribution in [2.45, 2.75) is 0 Å². The average molecular weight is 258 g/mol. The molecule has 0 radical (unpaired) electrons. The highest BCUT2D eigenvalue weighted by Crippen LogP contribution is 2.15. The number of nitrogens with zero attached hydrogens (tertiary/aromatic N) is 1. The molecule has 0 aromatic heterocycles. The predicted octanol–water partition coefficient (Wildman–Crippen LogP) is 4.58. The van der Waals surface area contributed by atoms with Crippen LogP contribution in [0.5, 0.6) is 0 Å². The Labute approximate surface area is 113 Å². The minimum atomic E-state index is 0.766. The first-order valence-electron chi connectivity index (χ1n) is 5.86. The third kappa shape index (κ3) is 3.38. The van der Waals surface area contributed by atoms with Crippen LogP contribution in [-0.2, 0) is 0 Å². The molecule has 0 saturated carbocycles. The minimum absolute atomic E-state index is 0.766. The van der Waals surface area contributed by atoms with Crippen LogP contribution in [0.3, 0.4) is 0 Å². The van der Waals surface area contributed by atoms with Crippen molar-refractivity contribution in [3.63, 3.8) is 0 Å². The van der Waals surface area contributed by atoms with Crippen molar-refractivity contribution in [3.05, 3.63) is 64.7 Å². The van der Waals surface area contributed by atoms with Crippen molar-refractivity contribution in [2.75, 3.05) is 19.0 Å². The van der Waals surface area contributed by atoms with Crippen LogP contribution >= 0.6 is 11.6 Å². The van der Waals surface area contributed by atoms with Crippen molar-refractivity contribution in [1.29, 1.82) is 0 Å². The zero-order chi connectivity index (χ0) is 13.0. The van der Waals surface area contributed by atoms with Crippen LogP contribution in [-0.4, -0.2) is 14.1 Å². The highest BCUT2D eigenvalue weighted by atomic mass is 35.5. The van der Waals surface area contributed by atoms with Gasteiger partial charge in [-0.3, -0.25) is 0 Å². The molecule has 0 bridgehead atoms. The quantitative estimate of drug-likeness (QED) is 0.728. The molecule has 0 heterocycles. The molecule has 0 aliphatic carbocycles. The largest absolute Gasteiger partial charge is 0.378 e. The van der Waals surface area contributed by atoms with Gasteiger partial charge in [-0.15, -0.1) is 0 Å². The van der Waals surface area contributed by atoms with Gasteiger partial charge >= 0.3 is 0 Å². The Kier molecular flexibility index (Phi) is 4.06. The van der Waals surface area contributed by atoms with Gasteiger partial charge < -0.3 is 4.90 Å². The number of hydrogen-bond acceptors (Lipinski definition) is 1. The number of anilines is 1. The van der Waals surface area contributed by atoms with Gasteiger partial charge in [-0.25, -0.2) is 0 Å². The van der Waals surface area contributed by atoms with Crippen molar-refractivity contribution in [2.24, 2.45) is 0 Å². The molecule has 0 fully saturated rings. The first kappa shape index (κ1) is 12.7. The van der Waals surface area contributed by atoms with E-state index >= 15 is 0 Å². The summed E-state index contributed by atoms with van der Waals surface area (Å²) in [5.41, 5.74) is 3.55. The SMILES string of the molecule is CN(C)c1ccc(/C=C/c2ccc(Cl)cc2)cc1. The van der Waals surface area contributed by atoms with E-state index in [9.17, 15) is 0 Å². The smallest absolute Gasteiger partial charge is 0.0406 e. The van der Waals surface area contributed by atoms with Crippen molar-refractivity contribution in [1.82, 2.24) is 0 Å². The van der Waals surface area contributed by atoms with Crippen LogP contribution in [0.2, 0.25) is 5.02 Å². The summed E-state index contributed by atoms with van der Waals surface area (Å²) in [5, 5.41) is 0.766. The maximum Gasteiger partial charge on any atom is 0.0406 e. The summed E-state index contributed by atoms with van der Waals surface area (Å²) in [4.78, 5) is 2.09. The van der Waals surface area contributed by atoms with Crippen LogP contribution in [0.15, 0.2) is 48.5 Å². The highest BCUT2D eigenvalue weighted by molar-refractivity contribution is 6.30. The summed E-state index contributed by atoms with van der Waals surface area (Å²) in [6, 6.07) is 16.3. The molecule has 0 amide bonds. The van der Waals surface area contributed by atoms with E-state index in [1.54, 1.807) is 0 Å². The molecule has 2 aromatic rings. The Hall–Kier alpha value is -1.73. The summed E-state index contributed by atoms with van der Waals surface area (Å²) in [5.74, 6) is 0. The molecule has 0 unspecified atom stereocenters. The molecule has 92 valence electrons. The molecular formula is C16H16ClN. The van der Waals surface area contributed by atoms with Gasteiger partial charge in [-0.05, 0) is 35.4 Å². The zero-order valence-electron chi connectivity index (χ0n) is 10.6. The normalized spacial score (nSPS) is 10.8. The highest BCUT2D eigenvalue weighted by Gasteiger charge is 1.93. The van der Waals surface area contributed by atoms with Gasteiger partial charge in [0.05, 0.1) is 0 Å². The topological polar surface area (TPSA) is 3.24 Å². The Morgan fingerprint density at radius 2 is 1.22 bits per heavy atom. The Morgan fingerprint density at radius 3 is 1.67 bits per heavy atom. The lowest BCUT2D eigenvalue weighted by Gasteiger charge is -2.11. The Morgan fingerprint density at radius 1 is 0.778 bits per heavy atom. The van der Waals surface area contributed by atoms with Gasteiger partial charge in [0, 0.05) is 24.8 Å². The fourth-order valence-electron chi connectivity index (χ4n) is 1.65. The molecule has 1 nitrogen and oxygen atoms in total. The summed E-state index contributed by atoms with van der Waals surface area (Å²) in [6.45, 7) is 0. The van der Waals surface area contributed by atoms with Gasteiger partial charge in [0.15, 0.2) is 0 Å². The lowest BCUT2D eigenvalue weighted by Crippen LogP contribution is -2.07. The molecule has 18 heavy (non-hydrogen) atoms. The van der Waals surface area contributed by atoms with E-state index in [0.29, 0.717) is 0 Å². The lowest BCUT2D eigenvalue weighted by molar-refractivity contribution is 1.13. The van der Waals surface area contributed by atoms with Gasteiger partial charge in [0.25, 0.3) is 0 Å². The first-order valence-corrected chi connectivity index (χ1v) is 6.24. The zero-order valence-corrected chi connectivity index (χ0v) is 11.4. The fraction of sp³-hybridized carbons (Fsp3) is 0.125. The average Bonchev–Trinajstić information content (AvgIpc) is 2.38. The predicted molar refractivity (Wildman–Crippen MR) is 81.1 cm³/mol. The van der Waals surface area contributed by atoms with Gasteiger partial charge in [0.1, 0.15) is 0 Å². The standard InChI is InChI=1S/C16H16ClN/c1-18(2)16-11-7-14(8-12-16)4-3-13-5-9-15(17)10-6-13/h3-12H,1-2H3/b4-3+. The summed E-state index contributed by atoms with van der Waals surface area (Å²) < 4.78 is 0. The number of halogens is 1. The molecule has 0 atom stereocenters. The second-order valence-corrected chi connectivity index (χ2v) is 4.81. The van der Waals surface area contributed by atoms with Gasteiger partial charge in [0.2, 0.25) is 0 Å². The number of rotatable bonds is 3. The van der Waals surface area contributed by atoms with E-state index in [-0.39, 0.29) is 0 Å². The van der Waals surface area contributed by atoms with Crippen molar-refractivity contribution in [3.8, 4) is 0 Å². The molecule has 0 saturated heterocycles. The monoisotopic (exact) mass is 257 g/mol. The van der Waals surface area contributed by atoms with Gasteiger partial charge in [-0.1, -0.05) is 48.0 Å². The second-order valence-electron chi connectivity index (χ2n) is 4.37. The number of hydrogen-bond donors (Lipinski definition) is 0. The number of benzene rings is 2. The maximum absolute atomic E-state index is 5.85. The second kappa shape index (κ2) is 5.74. The fourth-order valence-corrected chi connectivity index (χ4v) is 1.78. The maximum atomic E-state index is 5.85. The van der Waals surface area contributed by atoms with Crippen molar-refractivity contribution < 1.29 is 0 Å². The van der Waals surface area contributed by atoms with E-state index in [0.717, 1.165) is 10.6 Å². The van der Waals surface area contributed by atoms with Crippen LogP contribution in [0.4, 0.5) is 5.69 Å². The summed E-state index contributed by atoms with van der Waals surface area (Å²) in [6.07, 6.45) is 4.18. The molecule has 0 aliphatic heterocycles. The van der Waals surface area contributed by atoms with E-state index in [4.69, 9.17) is 11.6 Å². The van der Waals surface area contributed by atoms with Gasteiger partial charge in [-0.2, -0.15) is 0 Å². The van der Waals surface area contributed by atoms with E-state index in [1.807, 2.05) is 38.4 Å².